The molecule has 5 rings (SSSR count). The van der Waals surface area contributed by atoms with Crippen LogP contribution in [0.5, 0.6) is 0 Å². The molecule has 0 aliphatic rings. The highest BCUT2D eigenvalue weighted by molar-refractivity contribution is 5.96. The molecule has 1 amide bonds. The van der Waals surface area contributed by atoms with Gasteiger partial charge in [-0.25, -0.2) is 43.9 Å². The number of nitrogens with zero attached hydrogens (tertiary/aromatic N) is 11. The van der Waals surface area contributed by atoms with Crippen LogP contribution in [0.1, 0.15) is 38.5 Å². The third kappa shape index (κ3) is 5.12. The molecule has 0 unspecified atom stereocenters. The van der Waals surface area contributed by atoms with Crippen molar-refractivity contribution in [3.8, 4) is 34.2 Å². The molecule has 0 fully saturated rings. The molecule has 0 saturated heterocycles. The van der Waals surface area contributed by atoms with E-state index in [0.717, 1.165) is 0 Å². The molecule has 17 heteroatoms. The first-order valence-corrected chi connectivity index (χ1v) is 11.1. The van der Waals surface area contributed by atoms with Crippen molar-refractivity contribution in [3.05, 3.63) is 66.5 Å². The van der Waals surface area contributed by atoms with Crippen LogP contribution < -0.4 is 5.32 Å². The van der Waals surface area contributed by atoms with Gasteiger partial charge in [-0.2, -0.15) is 0 Å². The topological polar surface area (TPSA) is 230 Å². The Hall–Kier alpha value is -6.00. The van der Waals surface area contributed by atoms with Gasteiger partial charge in [-0.05, 0) is 19.1 Å². The number of carboxylic acid groups (broad SMARTS) is 2. The minimum absolute atomic E-state index is 0.282. The van der Waals surface area contributed by atoms with E-state index in [2.05, 4.69) is 50.9 Å². The van der Waals surface area contributed by atoms with Gasteiger partial charge in [0.05, 0.1) is 48.6 Å². The Morgan fingerprint density at radius 3 is 1.56 bits per heavy atom. The van der Waals surface area contributed by atoms with Gasteiger partial charge in [0.2, 0.25) is 11.6 Å². The first-order chi connectivity index (χ1) is 18.8. The average molecular weight is 528 g/mol. The molecule has 0 radical (unpaired) electrons. The number of hydrogen-bond donors (Lipinski definition) is 3. The Morgan fingerprint density at radius 1 is 0.744 bits per heavy atom. The maximum Gasteiger partial charge on any atom is 0.373 e. The normalized spacial score (nSPS) is 10.8. The molecule has 0 aromatic carbocycles. The Kier molecular flexibility index (Phi) is 6.43. The number of rotatable bonds is 8. The van der Waals surface area contributed by atoms with Gasteiger partial charge >= 0.3 is 11.9 Å². The molecule has 0 saturated carbocycles. The highest BCUT2D eigenvalue weighted by Crippen LogP contribution is 2.23. The molecule has 39 heavy (non-hydrogen) atoms. The Labute approximate surface area is 217 Å². The summed E-state index contributed by atoms with van der Waals surface area (Å²) in [5.74, 6) is -3.60. The molecule has 0 atom stereocenters. The smallest absolute Gasteiger partial charge is 0.373 e. The van der Waals surface area contributed by atoms with Crippen molar-refractivity contribution in [1.29, 1.82) is 0 Å². The zero-order valence-corrected chi connectivity index (χ0v) is 19.9. The molecule has 194 valence electrons. The van der Waals surface area contributed by atoms with Gasteiger partial charge < -0.3 is 15.5 Å². The standard InChI is InChI=1S/C22H16N12O5/c1-2-23-20(35)11-3-14(16-9-33(31-29-16)12-5-24-18(21(36)37)25-6-12)28-15(4-11)17-10-34(32-30-17)13-7-26-19(22(38)39)27-8-13/h3-10H,2H2,1H3,(H,23,35)(H,36,37)(H,38,39). The first kappa shape index (κ1) is 24.7. The summed E-state index contributed by atoms with van der Waals surface area (Å²) < 4.78 is 2.66. The summed E-state index contributed by atoms with van der Waals surface area (Å²) in [5, 5.41) is 37.0. The number of pyridine rings is 1. The van der Waals surface area contributed by atoms with Gasteiger partial charge in [-0.3, -0.25) is 4.79 Å². The van der Waals surface area contributed by atoms with Crippen LogP contribution in [0.3, 0.4) is 0 Å². The Morgan fingerprint density at radius 2 is 1.18 bits per heavy atom. The predicted molar refractivity (Wildman–Crippen MR) is 128 cm³/mol. The van der Waals surface area contributed by atoms with Crippen molar-refractivity contribution in [2.45, 2.75) is 6.92 Å². The van der Waals surface area contributed by atoms with Gasteiger partial charge in [0.15, 0.2) is 0 Å². The van der Waals surface area contributed by atoms with E-state index < -0.39 is 11.9 Å². The van der Waals surface area contributed by atoms with Crippen molar-refractivity contribution >= 4 is 17.8 Å². The van der Waals surface area contributed by atoms with Crippen LogP contribution in [0.25, 0.3) is 34.2 Å². The minimum atomic E-state index is -1.26. The molecule has 5 aromatic rings. The van der Waals surface area contributed by atoms with E-state index >= 15 is 0 Å². The zero-order chi connectivity index (χ0) is 27.5. The van der Waals surface area contributed by atoms with E-state index in [1.165, 1.54) is 58.7 Å². The van der Waals surface area contributed by atoms with Gasteiger partial charge in [-0.1, -0.05) is 10.4 Å². The number of nitrogens with one attached hydrogen (secondary N) is 1. The molecule has 3 N–H and O–H groups in total. The van der Waals surface area contributed by atoms with Crippen LogP contribution >= 0.6 is 0 Å². The number of amides is 1. The molecular formula is C22H16N12O5. The Bertz CT molecular complexity index is 1580. The summed E-state index contributed by atoms with van der Waals surface area (Å²) >= 11 is 0. The molecule has 5 aromatic heterocycles. The molecule has 0 aliphatic heterocycles. The van der Waals surface area contributed by atoms with Crippen molar-refractivity contribution in [2.24, 2.45) is 0 Å². The Balaban J connectivity index is 1.51. The third-order valence-electron chi connectivity index (χ3n) is 5.12. The van der Waals surface area contributed by atoms with Crippen molar-refractivity contribution in [3.63, 3.8) is 0 Å². The number of carbonyl (C=O) groups excluding carboxylic acids is 1. The van der Waals surface area contributed by atoms with E-state index in [-0.39, 0.29) is 23.1 Å². The fourth-order valence-electron chi connectivity index (χ4n) is 3.30. The highest BCUT2D eigenvalue weighted by atomic mass is 16.4. The van der Waals surface area contributed by atoms with E-state index in [0.29, 0.717) is 40.7 Å². The summed E-state index contributed by atoms with van der Waals surface area (Å²) in [5.41, 5.74) is 2.20. The van der Waals surface area contributed by atoms with Gasteiger partial charge in [0.25, 0.3) is 5.91 Å². The number of aromatic carboxylic acids is 2. The lowest BCUT2D eigenvalue weighted by molar-refractivity contribution is 0.0673. The van der Waals surface area contributed by atoms with Crippen molar-refractivity contribution in [2.75, 3.05) is 6.54 Å². The SMILES string of the molecule is CCNC(=O)c1cc(-c2cn(-c3cnc(C(=O)O)nc3)nn2)nc(-c2cn(-c3cnc(C(=O)O)nc3)nn2)c1. The lowest BCUT2D eigenvalue weighted by Crippen LogP contribution is -2.22. The summed E-state index contributed by atoms with van der Waals surface area (Å²) in [6, 6.07) is 3.07. The van der Waals surface area contributed by atoms with E-state index in [9.17, 15) is 14.4 Å². The molecule has 0 bridgehead atoms. The van der Waals surface area contributed by atoms with Crippen molar-refractivity contribution < 1.29 is 24.6 Å². The molecule has 17 nitrogen and oxygen atoms in total. The monoisotopic (exact) mass is 528 g/mol. The maximum atomic E-state index is 12.7. The quantitative estimate of drug-likeness (QED) is 0.246. The molecular weight excluding hydrogens is 512 g/mol. The van der Waals surface area contributed by atoms with Crippen LogP contribution in [-0.4, -0.2) is 89.5 Å². The maximum absolute atomic E-state index is 12.7. The second-order valence-electron chi connectivity index (χ2n) is 7.72. The van der Waals surface area contributed by atoms with E-state index in [1.807, 2.05) is 0 Å². The minimum Gasteiger partial charge on any atom is -0.475 e. The largest absolute Gasteiger partial charge is 0.475 e. The lowest BCUT2D eigenvalue weighted by atomic mass is 10.1. The van der Waals surface area contributed by atoms with Crippen LogP contribution in [0.4, 0.5) is 0 Å². The highest BCUT2D eigenvalue weighted by Gasteiger charge is 2.17. The van der Waals surface area contributed by atoms with Crippen LogP contribution in [0.2, 0.25) is 0 Å². The summed E-state index contributed by atoms with van der Waals surface area (Å²) in [7, 11) is 0. The van der Waals surface area contributed by atoms with Crippen LogP contribution in [0, 0.1) is 0 Å². The molecule has 5 heterocycles. The summed E-state index contributed by atoms with van der Waals surface area (Å²) in [4.78, 5) is 54.3. The van der Waals surface area contributed by atoms with Crippen LogP contribution in [0.15, 0.2) is 49.3 Å². The van der Waals surface area contributed by atoms with Crippen LogP contribution in [-0.2, 0) is 0 Å². The van der Waals surface area contributed by atoms with E-state index in [4.69, 9.17) is 10.2 Å². The zero-order valence-electron chi connectivity index (χ0n) is 19.9. The number of carbonyl (C=O) groups is 3. The number of carboxylic acids is 2. The number of aromatic nitrogens is 11. The van der Waals surface area contributed by atoms with Gasteiger partial charge in [-0.15, -0.1) is 10.2 Å². The predicted octanol–water partition coefficient (Wildman–Crippen LogP) is 0.303. The number of hydrogen-bond acceptors (Lipinski definition) is 12. The second kappa shape index (κ2) is 10.2. The third-order valence-corrected chi connectivity index (χ3v) is 5.12. The van der Waals surface area contributed by atoms with Gasteiger partial charge in [0.1, 0.15) is 22.8 Å². The molecule has 0 spiro atoms. The van der Waals surface area contributed by atoms with E-state index in [1.54, 1.807) is 6.92 Å². The fourth-order valence-corrected chi connectivity index (χ4v) is 3.30. The lowest BCUT2D eigenvalue weighted by Gasteiger charge is -2.06. The summed E-state index contributed by atoms with van der Waals surface area (Å²) in [6.07, 6.45) is 8.16. The fraction of sp³-hybridized carbons (Fsp3) is 0.0909. The average Bonchev–Trinajstić information content (AvgIpc) is 3.64. The summed E-state index contributed by atoms with van der Waals surface area (Å²) in [6.45, 7) is 2.18. The molecule has 0 aliphatic carbocycles. The second-order valence-corrected chi connectivity index (χ2v) is 7.72. The first-order valence-electron chi connectivity index (χ1n) is 11.1. The van der Waals surface area contributed by atoms with Crippen molar-refractivity contribution in [1.82, 2.24) is 60.2 Å². The van der Waals surface area contributed by atoms with Gasteiger partial charge in [0, 0.05) is 12.1 Å².